The number of nitrogens with zero attached hydrogens (tertiary/aromatic N) is 2. The summed E-state index contributed by atoms with van der Waals surface area (Å²) in [6, 6.07) is 0.610. The summed E-state index contributed by atoms with van der Waals surface area (Å²) in [6.45, 7) is 7.50. The van der Waals surface area contributed by atoms with Gasteiger partial charge in [0, 0.05) is 50.6 Å². The molecule has 7 nitrogen and oxygen atoms in total. The van der Waals surface area contributed by atoms with Crippen molar-refractivity contribution < 1.29 is 14.1 Å². The molecule has 1 aliphatic carbocycles. The average molecular weight is 362 g/mol. The van der Waals surface area contributed by atoms with Gasteiger partial charge in [-0.1, -0.05) is 5.16 Å². The average Bonchev–Trinajstić information content (AvgIpc) is 3.25. The highest BCUT2D eigenvalue weighted by Gasteiger charge is 2.37. The van der Waals surface area contributed by atoms with E-state index in [9.17, 15) is 9.59 Å². The van der Waals surface area contributed by atoms with Gasteiger partial charge < -0.3 is 15.2 Å². The molecule has 1 aliphatic heterocycles. The van der Waals surface area contributed by atoms with Gasteiger partial charge in [-0.05, 0) is 45.4 Å². The number of carbonyl (C=O) groups excluding carboxylic acids is 2. The molecule has 2 fully saturated rings. The maximum atomic E-state index is 12.5. The summed E-state index contributed by atoms with van der Waals surface area (Å²) < 4.78 is 5.15. The second-order valence-electron chi connectivity index (χ2n) is 7.75. The van der Waals surface area contributed by atoms with E-state index in [0.717, 1.165) is 42.3 Å². The largest absolute Gasteiger partial charge is 0.361 e. The van der Waals surface area contributed by atoms with Crippen molar-refractivity contribution in [3.8, 4) is 0 Å². The summed E-state index contributed by atoms with van der Waals surface area (Å²) in [6.07, 6.45) is 5.12. The monoisotopic (exact) mass is 362 g/mol. The highest BCUT2D eigenvalue weighted by molar-refractivity contribution is 5.76. The highest BCUT2D eigenvalue weighted by atomic mass is 16.5. The molecule has 144 valence electrons. The van der Waals surface area contributed by atoms with Crippen LogP contribution in [0.4, 0.5) is 0 Å². The fourth-order valence-electron chi connectivity index (χ4n) is 3.84. The Kier molecular flexibility index (Phi) is 5.96. The standard InChI is InChI=1S/C19H30N4O3/c1-12-18(13(2)26-22-12)10-21-19(25)8-16-6-7-17(9-20-14(3)24)23(16)11-15-4-5-15/h15-17H,4-11H2,1-3H3,(H,20,24)(H,21,25)/t16-,17+/m1/s1. The molecule has 0 unspecified atom stereocenters. The van der Waals surface area contributed by atoms with Gasteiger partial charge in [-0.2, -0.15) is 0 Å². The normalized spacial score (nSPS) is 23.2. The second kappa shape index (κ2) is 8.20. The zero-order chi connectivity index (χ0) is 18.7. The molecule has 0 radical (unpaired) electrons. The van der Waals surface area contributed by atoms with E-state index in [4.69, 9.17) is 4.52 Å². The van der Waals surface area contributed by atoms with E-state index in [-0.39, 0.29) is 17.9 Å². The molecule has 1 aromatic heterocycles. The number of nitrogens with one attached hydrogen (secondary N) is 2. The molecule has 0 bridgehead atoms. The fourth-order valence-corrected chi connectivity index (χ4v) is 3.84. The Morgan fingerprint density at radius 1 is 1.15 bits per heavy atom. The summed E-state index contributed by atoms with van der Waals surface area (Å²) in [5.41, 5.74) is 1.79. The molecule has 1 saturated carbocycles. The molecule has 2 aliphatic rings. The smallest absolute Gasteiger partial charge is 0.221 e. The first-order valence-corrected chi connectivity index (χ1v) is 9.62. The Bertz CT molecular complexity index is 634. The third-order valence-corrected chi connectivity index (χ3v) is 5.59. The van der Waals surface area contributed by atoms with E-state index in [1.807, 2.05) is 13.8 Å². The van der Waals surface area contributed by atoms with Gasteiger partial charge in [0.15, 0.2) is 0 Å². The predicted octanol–water partition coefficient (Wildman–Crippen LogP) is 1.68. The molecular weight excluding hydrogens is 332 g/mol. The minimum atomic E-state index is 0.0111. The van der Waals surface area contributed by atoms with Gasteiger partial charge in [0.2, 0.25) is 11.8 Å². The first-order chi connectivity index (χ1) is 12.4. The maximum absolute atomic E-state index is 12.5. The number of aryl methyl sites for hydroxylation is 2. The van der Waals surface area contributed by atoms with Crippen LogP contribution in [0.1, 0.15) is 56.0 Å². The van der Waals surface area contributed by atoms with E-state index < -0.39 is 0 Å². The van der Waals surface area contributed by atoms with Gasteiger partial charge in [0.25, 0.3) is 0 Å². The van der Waals surface area contributed by atoms with Gasteiger partial charge in [-0.25, -0.2) is 0 Å². The lowest BCUT2D eigenvalue weighted by molar-refractivity contribution is -0.122. The van der Waals surface area contributed by atoms with Crippen molar-refractivity contribution in [2.75, 3.05) is 13.1 Å². The Morgan fingerprint density at radius 2 is 1.88 bits per heavy atom. The predicted molar refractivity (Wildman–Crippen MR) is 97.4 cm³/mol. The van der Waals surface area contributed by atoms with Crippen LogP contribution in [0.5, 0.6) is 0 Å². The first-order valence-electron chi connectivity index (χ1n) is 9.62. The van der Waals surface area contributed by atoms with Crippen molar-refractivity contribution in [2.45, 2.75) is 71.5 Å². The van der Waals surface area contributed by atoms with Crippen molar-refractivity contribution in [3.05, 3.63) is 17.0 Å². The molecular formula is C19H30N4O3. The molecule has 1 aromatic rings. The number of hydrogen-bond donors (Lipinski definition) is 2. The number of hydrogen-bond acceptors (Lipinski definition) is 5. The second-order valence-corrected chi connectivity index (χ2v) is 7.75. The van der Waals surface area contributed by atoms with Crippen LogP contribution in [0.3, 0.4) is 0 Å². The summed E-state index contributed by atoms with van der Waals surface area (Å²) >= 11 is 0. The number of amides is 2. The molecule has 3 rings (SSSR count). The quantitative estimate of drug-likeness (QED) is 0.735. The summed E-state index contributed by atoms with van der Waals surface area (Å²) in [7, 11) is 0. The van der Waals surface area contributed by atoms with Crippen LogP contribution < -0.4 is 10.6 Å². The molecule has 2 N–H and O–H groups in total. The highest BCUT2D eigenvalue weighted by Crippen LogP contribution is 2.35. The molecule has 2 atom stereocenters. The third kappa shape index (κ3) is 4.84. The Labute approximate surface area is 154 Å². The van der Waals surface area contributed by atoms with Crippen molar-refractivity contribution in [1.82, 2.24) is 20.7 Å². The zero-order valence-electron chi connectivity index (χ0n) is 16.0. The molecule has 0 aromatic carbocycles. The SMILES string of the molecule is CC(=O)NC[C@@H]1CC[C@H](CC(=O)NCc2c(C)noc2C)N1CC1CC1. The molecule has 26 heavy (non-hydrogen) atoms. The van der Waals surface area contributed by atoms with Gasteiger partial charge in [0.05, 0.1) is 5.69 Å². The van der Waals surface area contributed by atoms with Gasteiger partial charge in [0.1, 0.15) is 5.76 Å². The van der Waals surface area contributed by atoms with Gasteiger partial charge in [-0.15, -0.1) is 0 Å². The van der Waals surface area contributed by atoms with Crippen LogP contribution in [0, 0.1) is 19.8 Å². The van der Waals surface area contributed by atoms with Gasteiger partial charge in [-0.3, -0.25) is 14.5 Å². The molecule has 7 heteroatoms. The fraction of sp³-hybridized carbons (Fsp3) is 0.737. The minimum Gasteiger partial charge on any atom is -0.361 e. The maximum Gasteiger partial charge on any atom is 0.221 e. The number of rotatable bonds is 8. The summed E-state index contributed by atoms with van der Waals surface area (Å²) in [5, 5.41) is 9.88. The van der Waals surface area contributed by atoms with Crippen molar-refractivity contribution >= 4 is 11.8 Å². The van der Waals surface area contributed by atoms with E-state index >= 15 is 0 Å². The van der Waals surface area contributed by atoms with E-state index in [0.29, 0.717) is 25.6 Å². The molecule has 2 heterocycles. The van der Waals surface area contributed by atoms with E-state index in [1.165, 1.54) is 12.8 Å². The molecule has 0 spiro atoms. The van der Waals surface area contributed by atoms with Crippen LogP contribution >= 0.6 is 0 Å². The van der Waals surface area contributed by atoms with E-state index in [2.05, 4.69) is 20.7 Å². The van der Waals surface area contributed by atoms with Crippen LogP contribution in [-0.4, -0.2) is 47.0 Å². The molecule has 1 saturated heterocycles. The molecule has 2 amide bonds. The van der Waals surface area contributed by atoms with Crippen LogP contribution in [0.2, 0.25) is 0 Å². The Balaban J connectivity index is 1.53. The van der Waals surface area contributed by atoms with Crippen LogP contribution in [0.15, 0.2) is 4.52 Å². The van der Waals surface area contributed by atoms with E-state index in [1.54, 1.807) is 6.92 Å². The first kappa shape index (κ1) is 18.9. The van der Waals surface area contributed by atoms with Gasteiger partial charge >= 0.3 is 0 Å². The third-order valence-electron chi connectivity index (χ3n) is 5.59. The summed E-state index contributed by atoms with van der Waals surface area (Å²) in [4.78, 5) is 26.2. The number of carbonyl (C=O) groups is 2. The minimum absolute atomic E-state index is 0.0111. The number of aromatic nitrogens is 1. The van der Waals surface area contributed by atoms with Crippen molar-refractivity contribution in [2.24, 2.45) is 5.92 Å². The lowest BCUT2D eigenvalue weighted by atomic mass is 10.1. The topological polar surface area (TPSA) is 87.5 Å². The zero-order valence-corrected chi connectivity index (χ0v) is 16.0. The lowest BCUT2D eigenvalue weighted by Gasteiger charge is -2.30. The Hall–Kier alpha value is -1.89. The number of likely N-dealkylation sites (tertiary alicyclic amines) is 1. The lowest BCUT2D eigenvalue weighted by Crippen LogP contribution is -2.45. The van der Waals surface area contributed by atoms with Crippen molar-refractivity contribution in [3.63, 3.8) is 0 Å². The van der Waals surface area contributed by atoms with Crippen LogP contribution in [-0.2, 0) is 16.1 Å². The van der Waals surface area contributed by atoms with Crippen molar-refractivity contribution in [1.29, 1.82) is 0 Å². The van der Waals surface area contributed by atoms with Crippen LogP contribution in [0.25, 0.3) is 0 Å². The summed E-state index contributed by atoms with van der Waals surface area (Å²) in [5.74, 6) is 1.60. The Morgan fingerprint density at radius 3 is 2.50 bits per heavy atom.